The highest BCUT2D eigenvalue weighted by Gasteiger charge is 2.40. The summed E-state index contributed by atoms with van der Waals surface area (Å²) in [6.45, 7) is 2.47. The molecule has 1 aromatic carbocycles. The molecule has 1 aliphatic rings. The first-order chi connectivity index (χ1) is 7.69. The van der Waals surface area contributed by atoms with Gasteiger partial charge in [-0.3, -0.25) is 0 Å². The van der Waals surface area contributed by atoms with E-state index in [9.17, 15) is 4.39 Å². The van der Waals surface area contributed by atoms with Gasteiger partial charge in [-0.25, -0.2) is 4.39 Å². The van der Waals surface area contributed by atoms with E-state index in [0.717, 1.165) is 12.0 Å². The average Bonchev–Trinajstić information content (AvgIpc) is 3.03. The van der Waals surface area contributed by atoms with Gasteiger partial charge in [0.1, 0.15) is 11.6 Å². The Labute approximate surface area is 99.7 Å². The van der Waals surface area contributed by atoms with Crippen molar-refractivity contribution >= 4 is 11.6 Å². The summed E-state index contributed by atoms with van der Waals surface area (Å²) in [5.74, 6) is 0.605. The lowest BCUT2D eigenvalue weighted by atomic mass is 10.1. The van der Waals surface area contributed by atoms with E-state index in [1.54, 1.807) is 6.07 Å². The van der Waals surface area contributed by atoms with Crippen molar-refractivity contribution in [3.8, 4) is 5.75 Å². The monoisotopic (exact) mass is 243 g/mol. The number of nitrogens with one attached hydrogen (secondary N) is 1. The summed E-state index contributed by atoms with van der Waals surface area (Å²) in [5, 5.41) is 3.37. The van der Waals surface area contributed by atoms with Crippen molar-refractivity contribution in [2.75, 3.05) is 13.7 Å². The topological polar surface area (TPSA) is 21.3 Å². The molecule has 2 nitrogen and oxygen atoms in total. The number of rotatable bonds is 4. The van der Waals surface area contributed by atoms with Gasteiger partial charge < -0.3 is 10.1 Å². The zero-order chi connectivity index (χ0) is 11.7. The van der Waals surface area contributed by atoms with Crippen LogP contribution in [0.4, 0.5) is 4.39 Å². The lowest BCUT2D eigenvalue weighted by molar-refractivity contribution is 0.335. The van der Waals surface area contributed by atoms with E-state index in [2.05, 4.69) is 5.32 Å². The minimum absolute atomic E-state index is 0.203. The molecule has 16 heavy (non-hydrogen) atoms. The molecule has 0 aliphatic heterocycles. The summed E-state index contributed by atoms with van der Waals surface area (Å²) in [7, 11) is 1.90. The Morgan fingerprint density at radius 1 is 1.56 bits per heavy atom. The summed E-state index contributed by atoms with van der Waals surface area (Å²) >= 11 is 6.01. The maximum Gasteiger partial charge on any atom is 0.142 e. The normalized spacial score (nSPS) is 23.2. The Morgan fingerprint density at radius 2 is 2.31 bits per heavy atom. The average molecular weight is 244 g/mol. The van der Waals surface area contributed by atoms with Gasteiger partial charge >= 0.3 is 0 Å². The second kappa shape index (κ2) is 4.60. The van der Waals surface area contributed by atoms with E-state index in [-0.39, 0.29) is 16.8 Å². The molecule has 0 radical (unpaired) electrons. The number of hydrogen-bond donors (Lipinski definition) is 1. The highest BCUT2D eigenvalue weighted by molar-refractivity contribution is 6.31. The first-order valence-corrected chi connectivity index (χ1v) is 5.84. The van der Waals surface area contributed by atoms with E-state index in [1.165, 1.54) is 6.07 Å². The molecule has 1 aromatic rings. The lowest BCUT2D eigenvalue weighted by Gasteiger charge is -2.12. The number of halogens is 2. The molecular weight excluding hydrogens is 229 g/mol. The fourth-order valence-electron chi connectivity index (χ4n) is 2.01. The lowest BCUT2D eigenvalue weighted by Crippen LogP contribution is -2.11. The van der Waals surface area contributed by atoms with Crippen molar-refractivity contribution < 1.29 is 9.13 Å². The van der Waals surface area contributed by atoms with Crippen LogP contribution in [-0.2, 0) is 0 Å². The zero-order valence-corrected chi connectivity index (χ0v) is 10.1. The van der Waals surface area contributed by atoms with Crippen LogP contribution in [0.3, 0.4) is 0 Å². The highest BCUT2D eigenvalue weighted by Crippen LogP contribution is 2.48. The molecule has 1 fully saturated rings. The van der Waals surface area contributed by atoms with Crippen molar-refractivity contribution in [1.82, 2.24) is 5.32 Å². The Kier molecular flexibility index (Phi) is 3.36. The van der Waals surface area contributed by atoms with Gasteiger partial charge in [0, 0.05) is 17.5 Å². The molecule has 0 bridgehead atoms. The van der Waals surface area contributed by atoms with E-state index >= 15 is 0 Å². The molecule has 0 spiro atoms. The van der Waals surface area contributed by atoms with E-state index < -0.39 is 0 Å². The second-order valence-electron chi connectivity index (χ2n) is 3.94. The third-order valence-electron chi connectivity index (χ3n) is 2.92. The van der Waals surface area contributed by atoms with Crippen LogP contribution in [0.1, 0.15) is 24.8 Å². The largest absolute Gasteiger partial charge is 0.494 e. The number of likely N-dealkylation sites (N-methyl/N-ethyl adjacent to an activating group) is 1. The van der Waals surface area contributed by atoms with Gasteiger partial charge in [-0.15, -0.1) is 0 Å². The summed E-state index contributed by atoms with van der Waals surface area (Å²) in [4.78, 5) is 0. The van der Waals surface area contributed by atoms with Crippen molar-refractivity contribution in [3.05, 3.63) is 28.5 Å². The van der Waals surface area contributed by atoms with Gasteiger partial charge in [0.05, 0.1) is 11.6 Å². The molecule has 0 aromatic heterocycles. The Bertz CT molecular complexity index is 397. The standard InChI is InChI=1S/C12H15ClFNO/c1-3-16-10-5-4-8(14)12(13)11(10)7-6-9(7)15-2/h4-5,7,9,15H,3,6H2,1-2H3. The molecule has 2 unspecified atom stereocenters. The highest BCUT2D eigenvalue weighted by atomic mass is 35.5. The SMILES string of the molecule is CCOc1ccc(F)c(Cl)c1C1CC1NC. The number of ether oxygens (including phenoxy) is 1. The maximum absolute atomic E-state index is 13.4. The molecule has 0 saturated heterocycles. The molecule has 0 amide bonds. The molecular formula is C12H15ClFNO. The fourth-order valence-corrected chi connectivity index (χ4v) is 2.30. The van der Waals surface area contributed by atoms with Gasteiger partial charge in [-0.05, 0) is 32.5 Å². The molecule has 0 heterocycles. The van der Waals surface area contributed by atoms with E-state index in [0.29, 0.717) is 18.4 Å². The molecule has 1 aliphatic carbocycles. The van der Waals surface area contributed by atoms with Crippen molar-refractivity contribution in [2.45, 2.75) is 25.3 Å². The second-order valence-corrected chi connectivity index (χ2v) is 4.32. The first kappa shape index (κ1) is 11.7. The van der Waals surface area contributed by atoms with Gasteiger partial charge in [-0.2, -0.15) is 0 Å². The van der Waals surface area contributed by atoms with Gasteiger partial charge in [0.2, 0.25) is 0 Å². The van der Waals surface area contributed by atoms with E-state index in [4.69, 9.17) is 16.3 Å². The van der Waals surface area contributed by atoms with Gasteiger partial charge in [0.15, 0.2) is 0 Å². The quantitative estimate of drug-likeness (QED) is 0.878. The third kappa shape index (κ3) is 2.02. The molecule has 2 rings (SSSR count). The maximum atomic E-state index is 13.4. The third-order valence-corrected chi connectivity index (χ3v) is 3.31. The van der Waals surface area contributed by atoms with E-state index in [1.807, 2.05) is 14.0 Å². The predicted molar refractivity (Wildman–Crippen MR) is 62.8 cm³/mol. The van der Waals surface area contributed by atoms with Crippen LogP contribution in [0.2, 0.25) is 5.02 Å². The summed E-state index contributed by atoms with van der Waals surface area (Å²) in [6, 6.07) is 3.40. The molecule has 4 heteroatoms. The zero-order valence-electron chi connectivity index (χ0n) is 9.39. The van der Waals surface area contributed by atoms with Crippen molar-refractivity contribution in [2.24, 2.45) is 0 Å². The fraction of sp³-hybridized carbons (Fsp3) is 0.500. The van der Waals surface area contributed by atoms with Crippen LogP contribution < -0.4 is 10.1 Å². The van der Waals surface area contributed by atoms with Crippen molar-refractivity contribution in [3.63, 3.8) is 0 Å². The summed E-state index contributed by atoms with van der Waals surface area (Å²) < 4.78 is 18.9. The smallest absolute Gasteiger partial charge is 0.142 e. The van der Waals surface area contributed by atoms with Crippen LogP contribution in [0, 0.1) is 5.82 Å². The molecule has 1 saturated carbocycles. The summed E-state index contributed by atoms with van der Waals surface area (Å²) in [5.41, 5.74) is 0.808. The van der Waals surface area contributed by atoms with Crippen LogP contribution in [-0.4, -0.2) is 19.7 Å². The molecule has 88 valence electrons. The van der Waals surface area contributed by atoms with Crippen LogP contribution in [0.15, 0.2) is 12.1 Å². The Balaban J connectivity index is 2.36. The molecule has 2 atom stereocenters. The van der Waals surface area contributed by atoms with Crippen molar-refractivity contribution in [1.29, 1.82) is 0 Å². The van der Waals surface area contributed by atoms with Crippen LogP contribution >= 0.6 is 11.6 Å². The number of hydrogen-bond acceptors (Lipinski definition) is 2. The Hall–Kier alpha value is -0.800. The number of benzene rings is 1. The van der Waals surface area contributed by atoms with Gasteiger partial charge in [0.25, 0.3) is 0 Å². The van der Waals surface area contributed by atoms with Crippen LogP contribution in [0.25, 0.3) is 0 Å². The molecule has 1 N–H and O–H groups in total. The Morgan fingerprint density at radius 3 is 2.88 bits per heavy atom. The van der Waals surface area contributed by atoms with Gasteiger partial charge in [-0.1, -0.05) is 11.6 Å². The van der Waals surface area contributed by atoms with Crippen LogP contribution in [0.5, 0.6) is 5.75 Å². The summed E-state index contributed by atoms with van der Waals surface area (Å²) in [6.07, 6.45) is 0.986. The minimum atomic E-state index is -0.373. The predicted octanol–water partition coefficient (Wildman–Crippen LogP) is 2.95. The first-order valence-electron chi connectivity index (χ1n) is 5.47. The minimum Gasteiger partial charge on any atom is -0.494 e.